The van der Waals surface area contributed by atoms with E-state index < -0.39 is 0 Å². The first-order valence-corrected chi connectivity index (χ1v) is 5.89. The molecule has 1 N–H and O–H groups in total. The van der Waals surface area contributed by atoms with Crippen LogP contribution in [0.3, 0.4) is 0 Å². The Morgan fingerprint density at radius 3 is 3.29 bits per heavy atom. The molecular weight excluding hydrogens is 216 g/mol. The van der Waals surface area contributed by atoms with Crippen molar-refractivity contribution in [1.82, 2.24) is 10.3 Å². The summed E-state index contributed by atoms with van der Waals surface area (Å²) in [4.78, 5) is 4.16. The summed E-state index contributed by atoms with van der Waals surface area (Å²) < 4.78 is 10.7. The monoisotopic (exact) mass is 234 g/mol. The molecule has 0 saturated heterocycles. The summed E-state index contributed by atoms with van der Waals surface area (Å²) in [6, 6.07) is 3.93. The van der Waals surface area contributed by atoms with Crippen LogP contribution in [-0.2, 0) is 11.3 Å². The largest absolute Gasteiger partial charge is 0.497 e. The zero-order chi connectivity index (χ0) is 11.9. The van der Waals surface area contributed by atoms with Gasteiger partial charge in [-0.25, -0.2) is 4.98 Å². The smallest absolute Gasteiger partial charge is 0.217 e. The predicted molar refractivity (Wildman–Crippen MR) is 65.7 cm³/mol. The second-order valence-corrected chi connectivity index (χ2v) is 4.01. The van der Waals surface area contributed by atoms with Gasteiger partial charge in [-0.15, -0.1) is 0 Å². The summed E-state index contributed by atoms with van der Waals surface area (Å²) >= 11 is 0. The highest BCUT2D eigenvalue weighted by Gasteiger charge is 2.10. The Morgan fingerprint density at radius 1 is 1.59 bits per heavy atom. The third-order valence-electron chi connectivity index (χ3n) is 2.75. The van der Waals surface area contributed by atoms with Gasteiger partial charge >= 0.3 is 0 Å². The van der Waals surface area contributed by atoms with E-state index in [0.29, 0.717) is 5.88 Å². The Hall–Kier alpha value is -1.55. The number of nitrogens with zero attached hydrogens (tertiary/aromatic N) is 1. The molecule has 1 aromatic rings. The second-order valence-electron chi connectivity index (χ2n) is 4.01. The van der Waals surface area contributed by atoms with Crippen LogP contribution in [0, 0.1) is 0 Å². The quantitative estimate of drug-likeness (QED) is 0.844. The van der Waals surface area contributed by atoms with Crippen molar-refractivity contribution in [1.29, 1.82) is 0 Å². The highest BCUT2D eigenvalue weighted by Crippen LogP contribution is 2.13. The van der Waals surface area contributed by atoms with Crippen LogP contribution in [0.5, 0.6) is 5.88 Å². The SMILES string of the molecule is COc1ncccc1CNCC1CCC=CO1. The van der Waals surface area contributed by atoms with E-state index in [0.717, 1.165) is 31.5 Å². The molecule has 92 valence electrons. The summed E-state index contributed by atoms with van der Waals surface area (Å²) in [6.07, 6.45) is 8.04. The van der Waals surface area contributed by atoms with Crippen molar-refractivity contribution in [2.75, 3.05) is 13.7 Å². The molecule has 0 aliphatic carbocycles. The van der Waals surface area contributed by atoms with Crippen LogP contribution in [-0.4, -0.2) is 24.7 Å². The number of allylic oxidation sites excluding steroid dienone is 1. The molecule has 0 aromatic carbocycles. The molecule has 0 bridgehead atoms. The van der Waals surface area contributed by atoms with Gasteiger partial charge in [-0.3, -0.25) is 0 Å². The van der Waals surface area contributed by atoms with E-state index in [1.165, 1.54) is 0 Å². The van der Waals surface area contributed by atoms with Crippen LogP contribution in [0.15, 0.2) is 30.7 Å². The predicted octanol–water partition coefficient (Wildman–Crippen LogP) is 1.87. The Balaban J connectivity index is 1.79. The van der Waals surface area contributed by atoms with Crippen molar-refractivity contribution in [2.45, 2.75) is 25.5 Å². The van der Waals surface area contributed by atoms with Crippen molar-refractivity contribution in [3.05, 3.63) is 36.2 Å². The Morgan fingerprint density at radius 2 is 2.53 bits per heavy atom. The number of hydrogen-bond donors (Lipinski definition) is 1. The van der Waals surface area contributed by atoms with E-state index in [1.807, 2.05) is 12.1 Å². The summed E-state index contributed by atoms with van der Waals surface area (Å²) in [6.45, 7) is 1.60. The van der Waals surface area contributed by atoms with Gasteiger partial charge in [0.05, 0.1) is 13.4 Å². The van der Waals surface area contributed by atoms with Crippen LogP contribution in [0.25, 0.3) is 0 Å². The number of ether oxygens (including phenoxy) is 2. The molecule has 2 heterocycles. The molecule has 17 heavy (non-hydrogen) atoms. The lowest BCUT2D eigenvalue weighted by atomic mass is 10.1. The van der Waals surface area contributed by atoms with Gasteiger partial charge < -0.3 is 14.8 Å². The minimum absolute atomic E-state index is 0.280. The van der Waals surface area contributed by atoms with Gasteiger partial charge in [-0.05, 0) is 25.0 Å². The molecule has 4 heteroatoms. The van der Waals surface area contributed by atoms with Crippen molar-refractivity contribution in [3.8, 4) is 5.88 Å². The van der Waals surface area contributed by atoms with E-state index >= 15 is 0 Å². The minimum Gasteiger partial charge on any atom is -0.497 e. The molecule has 0 fully saturated rings. The zero-order valence-electron chi connectivity index (χ0n) is 10.1. The van der Waals surface area contributed by atoms with E-state index in [2.05, 4.69) is 16.4 Å². The van der Waals surface area contributed by atoms with Gasteiger partial charge in [0.2, 0.25) is 5.88 Å². The van der Waals surface area contributed by atoms with Crippen molar-refractivity contribution in [3.63, 3.8) is 0 Å². The van der Waals surface area contributed by atoms with Crippen LogP contribution in [0.4, 0.5) is 0 Å². The first kappa shape index (κ1) is 11.9. The molecule has 0 amide bonds. The van der Waals surface area contributed by atoms with Gasteiger partial charge in [0.15, 0.2) is 0 Å². The number of pyridine rings is 1. The first-order valence-electron chi connectivity index (χ1n) is 5.89. The highest BCUT2D eigenvalue weighted by atomic mass is 16.5. The lowest BCUT2D eigenvalue weighted by Gasteiger charge is -2.19. The average Bonchev–Trinajstić information content (AvgIpc) is 2.40. The fourth-order valence-electron chi connectivity index (χ4n) is 1.85. The van der Waals surface area contributed by atoms with Crippen LogP contribution in [0.2, 0.25) is 0 Å². The van der Waals surface area contributed by atoms with Gasteiger partial charge in [0.25, 0.3) is 0 Å². The topological polar surface area (TPSA) is 43.4 Å². The maximum Gasteiger partial charge on any atom is 0.217 e. The van der Waals surface area contributed by atoms with Crippen molar-refractivity contribution >= 4 is 0 Å². The van der Waals surface area contributed by atoms with E-state index in [4.69, 9.17) is 9.47 Å². The van der Waals surface area contributed by atoms with Gasteiger partial charge in [0, 0.05) is 24.8 Å². The third-order valence-corrected chi connectivity index (χ3v) is 2.75. The molecule has 1 aromatic heterocycles. The molecular formula is C13H18N2O2. The number of methoxy groups -OCH3 is 1. The van der Waals surface area contributed by atoms with Crippen LogP contribution in [0.1, 0.15) is 18.4 Å². The Bertz CT molecular complexity index is 379. The van der Waals surface area contributed by atoms with Gasteiger partial charge in [-0.1, -0.05) is 6.07 Å². The van der Waals surface area contributed by atoms with Crippen LogP contribution >= 0.6 is 0 Å². The van der Waals surface area contributed by atoms with Crippen molar-refractivity contribution < 1.29 is 9.47 Å². The van der Waals surface area contributed by atoms with E-state index in [1.54, 1.807) is 19.6 Å². The lowest BCUT2D eigenvalue weighted by Crippen LogP contribution is -2.28. The molecule has 0 radical (unpaired) electrons. The average molecular weight is 234 g/mol. The van der Waals surface area contributed by atoms with Gasteiger partial charge in [0.1, 0.15) is 6.10 Å². The van der Waals surface area contributed by atoms with E-state index in [9.17, 15) is 0 Å². The molecule has 4 nitrogen and oxygen atoms in total. The lowest BCUT2D eigenvalue weighted by molar-refractivity contribution is 0.122. The molecule has 1 aliphatic heterocycles. The third kappa shape index (κ3) is 3.46. The standard InChI is InChI=1S/C13H18N2O2/c1-16-13-11(5-4-7-15-13)9-14-10-12-6-2-3-8-17-12/h3-5,7-8,12,14H,2,6,9-10H2,1H3. The number of aromatic nitrogens is 1. The molecule has 1 aliphatic rings. The Labute approximate surface area is 102 Å². The molecule has 2 rings (SSSR count). The normalized spacial score (nSPS) is 18.8. The van der Waals surface area contributed by atoms with Crippen LogP contribution < -0.4 is 10.1 Å². The molecule has 0 saturated carbocycles. The fourth-order valence-corrected chi connectivity index (χ4v) is 1.85. The minimum atomic E-state index is 0.280. The molecule has 1 unspecified atom stereocenters. The zero-order valence-corrected chi connectivity index (χ0v) is 10.1. The first-order chi connectivity index (χ1) is 8.40. The second kappa shape index (κ2) is 6.25. The van der Waals surface area contributed by atoms with Crippen molar-refractivity contribution in [2.24, 2.45) is 0 Å². The summed E-state index contributed by atoms with van der Waals surface area (Å²) in [5.41, 5.74) is 1.07. The number of hydrogen-bond acceptors (Lipinski definition) is 4. The maximum absolute atomic E-state index is 5.48. The summed E-state index contributed by atoms with van der Waals surface area (Å²) in [5.74, 6) is 0.685. The van der Waals surface area contributed by atoms with Gasteiger partial charge in [-0.2, -0.15) is 0 Å². The molecule has 1 atom stereocenters. The Kier molecular flexibility index (Phi) is 4.38. The fraction of sp³-hybridized carbons (Fsp3) is 0.462. The summed E-state index contributed by atoms with van der Waals surface area (Å²) in [7, 11) is 1.64. The maximum atomic E-state index is 5.48. The highest BCUT2D eigenvalue weighted by molar-refractivity contribution is 5.24. The summed E-state index contributed by atoms with van der Waals surface area (Å²) in [5, 5.41) is 3.37. The number of rotatable bonds is 5. The number of nitrogens with one attached hydrogen (secondary N) is 1. The van der Waals surface area contributed by atoms with E-state index in [-0.39, 0.29) is 6.10 Å². The molecule has 0 spiro atoms.